The molecule has 1 aliphatic rings. The molecule has 148 valence electrons. The molecule has 0 amide bonds. The molecule has 1 unspecified atom stereocenters. The quantitative estimate of drug-likeness (QED) is 0.609. The van der Waals surface area contributed by atoms with Crippen LogP contribution >= 0.6 is 11.3 Å². The minimum absolute atomic E-state index is 0.0202. The molecule has 0 aliphatic heterocycles. The highest BCUT2D eigenvalue weighted by Gasteiger charge is 2.22. The average molecular weight is 398 g/mol. The van der Waals surface area contributed by atoms with Crippen LogP contribution in [0.25, 0.3) is 10.2 Å². The molecule has 0 saturated heterocycles. The summed E-state index contributed by atoms with van der Waals surface area (Å²) in [7, 11) is 0. The van der Waals surface area contributed by atoms with Gasteiger partial charge in [0.2, 0.25) is 0 Å². The standard InChI is InChI=1S/C22H27N3O2S/c1-2-7-16(26)13-25(12-15-8-4-3-5-9-15)14-19-23-21(27)20-17-10-6-11-18(17)28-22(20)24-19/h3-5,8-9,16,26H,2,6-7,10-14H2,1H3,(H,23,24,27). The summed E-state index contributed by atoms with van der Waals surface area (Å²) in [6.07, 6.45) is 4.53. The number of aromatic nitrogens is 2. The van der Waals surface area contributed by atoms with Crippen molar-refractivity contribution < 1.29 is 5.11 Å². The first kappa shape index (κ1) is 19.3. The molecule has 0 spiro atoms. The van der Waals surface area contributed by atoms with Crippen LogP contribution in [0.15, 0.2) is 35.1 Å². The third-order valence-electron chi connectivity index (χ3n) is 5.34. The van der Waals surface area contributed by atoms with Crippen molar-refractivity contribution in [3.8, 4) is 0 Å². The molecule has 0 fully saturated rings. The molecule has 1 aliphatic carbocycles. The molecule has 3 aromatic rings. The van der Waals surface area contributed by atoms with Crippen LogP contribution in [0.1, 0.15) is 48.0 Å². The summed E-state index contributed by atoms with van der Waals surface area (Å²) in [4.78, 5) is 24.9. The number of aliphatic hydroxyl groups is 1. The Bertz CT molecular complexity index is 996. The van der Waals surface area contributed by atoms with E-state index < -0.39 is 0 Å². The summed E-state index contributed by atoms with van der Waals surface area (Å²) < 4.78 is 0. The van der Waals surface area contributed by atoms with Gasteiger partial charge in [-0.25, -0.2) is 4.98 Å². The van der Waals surface area contributed by atoms with E-state index in [1.54, 1.807) is 11.3 Å². The molecule has 0 bridgehead atoms. The van der Waals surface area contributed by atoms with Gasteiger partial charge in [0.25, 0.3) is 5.56 Å². The van der Waals surface area contributed by atoms with E-state index in [1.807, 2.05) is 18.2 Å². The van der Waals surface area contributed by atoms with E-state index in [-0.39, 0.29) is 11.7 Å². The van der Waals surface area contributed by atoms with Crippen molar-refractivity contribution in [2.45, 2.75) is 58.2 Å². The van der Waals surface area contributed by atoms with Gasteiger partial charge in [0.15, 0.2) is 0 Å². The molecule has 2 heterocycles. The molecule has 2 N–H and O–H groups in total. The van der Waals surface area contributed by atoms with Crippen LogP contribution in [-0.2, 0) is 25.9 Å². The van der Waals surface area contributed by atoms with Crippen molar-refractivity contribution in [3.05, 3.63) is 62.5 Å². The molecule has 2 aromatic heterocycles. The van der Waals surface area contributed by atoms with Crippen LogP contribution in [0.2, 0.25) is 0 Å². The number of aromatic amines is 1. The number of thiophene rings is 1. The number of aliphatic hydroxyl groups excluding tert-OH is 1. The fourth-order valence-electron chi connectivity index (χ4n) is 4.08. The number of hydrogen-bond acceptors (Lipinski definition) is 5. The Kier molecular flexibility index (Phi) is 5.90. The second kappa shape index (κ2) is 8.55. The monoisotopic (exact) mass is 397 g/mol. The topological polar surface area (TPSA) is 69.2 Å². The molecule has 0 radical (unpaired) electrons. The van der Waals surface area contributed by atoms with Gasteiger partial charge in [-0.3, -0.25) is 9.69 Å². The first-order valence-corrected chi connectivity index (χ1v) is 10.9. The summed E-state index contributed by atoms with van der Waals surface area (Å²) >= 11 is 1.67. The van der Waals surface area contributed by atoms with Crippen molar-refractivity contribution in [2.24, 2.45) is 0 Å². The predicted octanol–water partition coefficient (Wildman–Crippen LogP) is 3.64. The van der Waals surface area contributed by atoms with E-state index in [9.17, 15) is 9.90 Å². The number of hydrogen-bond donors (Lipinski definition) is 2. The second-order valence-electron chi connectivity index (χ2n) is 7.65. The lowest BCUT2D eigenvalue weighted by Crippen LogP contribution is -2.33. The Balaban J connectivity index is 1.59. The normalized spacial score (nSPS) is 14.7. The van der Waals surface area contributed by atoms with E-state index in [1.165, 1.54) is 16.0 Å². The van der Waals surface area contributed by atoms with Crippen molar-refractivity contribution in [3.63, 3.8) is 0 Å². The first-order valence-electron chi connectivity index (χ1n) is 10.1. The first-order chi connectivity index (χ1) is 13.6. The molecule has 1 aromatic carbocycles. The van der Waals surface area contributed by atoms with Gasteiger partial charge in [0.1, 0.15) is 10.7 Å². The summed E-state index contributed by atoms with van der Waals surface area (Å²) in [6, 6.07) is 10.2. The van der Waals surface area contributed by atoms with Crippen molar-refractivity contribution >= 4 is 21.6 Å². The minimum Gasteiger partial charge on any atom is -0.392 e. The van der Waals surface area contributed by atoms with Gasteiger partial charge in [-0.15, -0.1) is 11.3 Å². The van der Waals surface area contributed by atoms with Crippen LogP contribution in [-0.4, -0.2) is 32.6 Å². The fraction of sp³-hybridized carbons (Fsp3) is 0.455. The second-order valence-corrected chi connectivity index (χ2v) is 8.73. The summed E-state index contributed by atoms with van der Waals surface area (Å²) in [6.45, 7) is 3.87. The SMILES string of the molecule is CCCC(O)CN(Cc1ccccc1)Cc1nc2sc3c(c2c(=O)[nH]1)CCC3. The molecule has 5 nitrogen and oxygen atoms in total. The highest BCUT2D eigenvalue weighted by molar-refractivity contribution is 7.18. The van der Waals surface area contributed by atoms with Crippen molar-refractivity contribution in [1.29, 1.82) is 0 Å². The highest BCUT2D eigenvalue weighted by atomic mass is 32.1. The van der Waals surface area contributed by atoms with Gasteiger partial charge in [0.05, 0.1) is 18.0 Å². The van der Waals surface area contributed by atoms with Crippen LogP contribution in [0.3, 0.4) is 0 Å². The molecule has 6 heteroatoms. The van der Waals surface area contributed by atoms with Crippen molar-refractivity contribution in [1.82, 2.24) is 14.9 Å². The van der Waals surface area contributed by atoms with Gasteiger partial charge < -0.3 is 10.1 Å². The maximum Gasteiger partial charge on any atom is 0.259 e. The molecular formula is C22H27N3O2S. The Morgan fingerprint density at radius 3 is 2.86 bits per heavy atom. The lowest BCUT2D eigenvalue weighted by molar-refractivity contribution is 0.0957. The molecule has 0 saturated carbocycles. The predicted molar refractivity (Wildman–Crippen MR) is 114 cm³/mol. The highest BCUT2D eigenvalue weighted by Crippen LogP contribution is 2.34. The number of rotatable bonds is 8. The van der Waals surface area contributed by atoms with Crippen LogP contribution in [0, 0.1) is 0 Å². The smallest absolute Gasteiger partial charge is 0.259 e. The van der Waals surface area contributed by atoms with Gasteiger partial charge >= 0.3 is 0 Å². The summed E-state index contributed by atoms with van der Waals surface area (Å²) in [5, 5.41) is 11.1. The fourth-order valence-corrected chi connectivity index (χ4v) is 5.36. The maximum atomic E-state index is 12.7. The van der Waals surface area contributed by atoms with Crippen LogP contribution in [0.5, 0.6) is 0 Å². The summed E-state index contributed by atoms with van der Waals surface area (Å²) in [5.41, 5.74) is 2.37. The van der Waals surface area contributed by atoms with E-state index >= 15 is 0 Å². The van der Waals surface area contributed by atoms with Gasteiger partial charge in [-0.2, -0.15) is 0 Å². The molecule has 1 atom stereocenters. The zero-order valence-corrected chi connectivity index (χ0v) is 17.1. The van der Waals surface area contributed by atoms with Crippen LogP contribution in [0.4, 0.5) is 0 Å². The number of nitrogens with one attached hydrogen (secondary N) is 1. The van der Waals surface area contributed by atoms with E-state index in [2.05, 4.69) is 28.9 Å². The Morgan fingerprint density at radius 1 is 1.25 bits per heavy atom. The Morgan fingerprint density at radius 2 is 2.07 bits per heavy atom. The third-order valence-corrected chi connectivity index (χ3v) is 6.52. The molecule has 28 heavy (non-hydrogen) atoms. The third kappa shape index (κ3) is 4.19. The number of fused-ring (bicyclic) bond motifs is 3. The maximum absolute atomic E-state index is 12.7. The molecule has 4 rings (SSSR count). The number of aryl methyl sites for hydroxylation is 2. The number of benzene rings is 1. The van der Waals surface area contributed by atoms with E-state index in [4.69, 9.17) is 4.98 Å². The van der Waals surface area contributed by atoms with Crippen LogP contribution < -0.4 is 5.56 Å². The zero-order valence-electron chi connectivity index (χ0n) is 16.3. The number of nitrogens with zero attached hydrogens (tertiary/aromatic N) is 2. The van der Waals surface area contributed by atoms with Crippen molar-refractivity contribution in [2.75, 3.05) is 6.54 Å². The minimum atomic E-state index is -0.380. The largest absolute Gasteiger partial charge is 0.392 e. The van der Waals surface area contributed by atoms with Gasteiger partial charge in [0, 0.05) is 18.0 Å². The zero-order chi connectivity index (χ0) is 19.5. The lowest BCUT2D eigenvalue weighted by atomic mass is 10.1. The van der Waals surface area contributed by atoms with Gasteiger partial charge in [-0.1, -0.05) is 43.7 Å². The lowest BCUT2D eigenvalue weighted by Gasteiger charge is -2.24. The van der Waals surface area contributed by atoms with E-state index in [0.29, 0.717) is 25.5 Å². The average Bonchev–Trinajstić information content (AvgIpc) is 3.23. The summed E-state index contributed by atoms with van der Waals surface area (Å²) in [5.74, 6) is 0.678. The Labute approximate surface area is 169 Å². The van der Waals surface area contributed by atoms with E-state index in [0.717, 1.165) is 42.3 Å². The Hall–Kier alpha value is -2.02. The molecular weight excluding hydrogens is 370 g/mol. The van der Waals surface area contributed by atoms with Gasteiger partial charge in [-0.05, 0) is 36.8 Å². The number of H-pyrrole nitrogens is 1.